The minimum Gasteiger partial charge on any atom is -0.343 e. The molecule has 2 aromatic rings. The Bertz CT molecular complexity index is 558. The molecule has 0 aliphatic rings. The number of hydrogen-bond acceptors (Lipinski definition) is 2. The monoisotopic (exact) mass is 230 g/mol. The number of aromatic amines is 1. The quantitative estimate of drug-likeness (QED) is 0.797. The molecule has 0 fully saturated rings. The van der Waals surface area contributed by atoms with Crippen molar-refractivity contribution in [3.8, 4) is 11.3 Å². The van der Waals surface area contributed by atoms with Gasteiger partial charge >= 0.3 is 0 Å². The lowest BCUT2D eigenvalue weighted by molar-refractivity contribution is 1.04. The van der Waals surface area contributed by atoms with Crippen LogP contribution < -0.4 is 0 Å². The molecular formula is C13H14N2S. The van der Waals surface area contributed by atoms with Gasteiger partial charge in [0.2, 0.25) is 0 Å². The van der Waals surface area contributed by atoms with E-state index < -0.39 is 0 Å². The molecule has 0 amide bonds. The average molecular weight is 230 g/mol. The van der Waals surface area contributed by atoms with Gasteiger partial charge in [-0.05, 0) is 36.6 Å². The molecule has 0 bridgehead atoms. The van der Waals surface area contributed by atoms with Crippen molar-refractivity contribution < 1.29 is 0 Å². The third-order valence-corrected chi connectivity index (χ3v) is 2.72. The van der Waals surface area contributed by atoms with Gasteiger partial charge in [0.05, 0.1) is 0 Å². The standard InChI is InChI=1S/C13H14N2S/c1-3-10-5-4-6-11(7-10)12-8-13(16)15-9(2)14-12/h4-8H,3H2,1-2H3,(H,14,15,16). The summed E-state index contributed by atoms with van der Waals surface area (Å²) in [6.07, 6.45) is 1.04. The van der Waals surface area contributed by atoms with E-state index in [-0.39, 0.29) is 0 Å². The van der Waals surface area contributed by atoms with Gasteiger partial charge < -0.3 is 4.98 Å². The third-order valence-electron chi connectivity index (χ3n) is 2.51. The van der Waals surface area contributed by atoms with E-state index in [2.05, 4.69) is 41.2 Å². The van der Waals surface area contributed by atoms with E-state index >= 15 is 0 Å². The zero-order valence-corrected chi connectivity index (χ0v) is 10.3. The van der Waals surface area contributed by atoms with E-state index in [4.69, 9.17) is 12.2 Å². The maximum absolute atomic E-state index is 5.12. The third kappa shape index (κ3) is 2.36. The molecular weight excluding hydrogens is 216 g/mol. The summed E-state index contributed by atoms with van der Waals surface area (Å²) in [5.74, 6) is 0.851. The van der Waals surface area contributed by atoms with E-state index in [9.17, 15) is 0 Å². The molecule has 1 heterocycles. The minimum absolute atomic E-state index is 0.633. The van der Waals surface area contributed by atoms with E-state index in [1.807, 2.05) is 13.0 Å². The fraction of sp³-hybridized carbons (Fsp3) is 0.231. The Hall–Kier alpha value is -1.48. The van der Waals surface area contributed by atoms with E-state index in [0.717, 1.165) is 23.5 Å². The van der Waals surface area contributed by atoms with Crippen LogP contribution in [0, 0.1) is 11.6 Å². The Labute approximate surface area is 100 Å². The number of aryl methyl sites for hydroxylation is 2. The number of rotatable bonds is 2. The first-order valence-electron chi connectivity index (χ1n) is 5.36. The van der Waals surface area contributed by atoms with Crippen molar-refractivity contribution in [2.75, 3.05) is 0 Å². The highest BCUT2D eigenvalue weighted by molar-refractivity contribution is 7.71. The molecule has 0 aliphatic heterocycles. The largest absolute Gasteiger partial charge is 0.343 e. The number of aromatic nitrogens is 2. The lowest BCUT2D eigenvalue weighted by Gasteiger charge is -2.05. The van der Waals surface area contributed by atoms with Gasteiger partial charge in [0, 0.05) is 5.69 Å². The molecule has 1 aromatic heterocycles. The highest BCUT2D eigenvalue weighted by atomic mass is 32.1. The van der Waals surface area contributed by atoms with Gasteiger partial charge in [0.25, 0.3) is 0 Å². The van der Waals surface area contributed by atoms with Crippen molar-refractivity contribution in [2.45, 2.75) is 20.3 Å². The summed E-state index contributed by atoms with van der Waals surface area (Å²) in [4.78, 5) is 7.40. The zero-order valence-electron chi connectivity index (χ0n) is 9.45. The smallest absolute Gasteiger partial charge is 0.130 e. The van der Waals surface area contributed by atoms with Gasteiger partial charge in [-0.25, -0.2) is 4.98 Å². The average Bonchev–Trinajstić information content (AvgIpc) is 2.28. The lowest BCUT2D eigenvalue weighted by Crippen LogP contribution is -1.92. The fourth-order valence-corrected chi connectivity index (χ4v) is 1.95. The molecule has 16 heavy (non-hydrogen) atoms. The Balaban J connectivity index is 2.53. The molecule has 3 heteroatoms. The summed E-state index contributed by atoms with van der Waals surface area (Å²) in [6.45, 7) is 4.07. The number of benzene rings is 1. The Morgan fingerprint density at radius 3 is 2.81 bits per heavy atom. The normalized spacial score (nSPS) is 10.4. The second-order valence-corrected chi connectivity index (χ2v) is 4.19. The Morgan fingerprint density at radius 1 is 1.31 bits per heavy atom. The second-order valence-electron chi connectivity index (χ2n) is 3.77. The number of nitrogens with zero attached hydrogens (tertiary/aromatic N) is 1. The Kier molecular flexibility index (Phi) is 3.15. The summed E-state index contributed by atoms with van der Waals surface area (Å²) in [6, 6.07) is 10.4. The molecule has 1 N–H and O–H groups in total. The van der Waals surface area contributed by atoms with Crippen molar-refractivity contribution in [3.63, 3.8) is 0 Å². The first kappa shape index (κ1) is 11.0. The second kappa shape index (κ2) is 4.58. The lowest BCUT2D eigenvalue weighted by atomic mass is 10.1. The first-order chi connectivity index (χ1) is 7.69. The molecule has 2 rings (SSSR count). The molecule has 82 valence electrons. The molecule has 0 radical (unpaired) electrons. The van der Waals surface area contributed by atoms with Crippen LogP contribution in [0.2, 0.25) is 0 Å². The Morgan fingerprint density at radius 2 is 2.12 bits per heavy atom. The summed E-state index contributed by atoms with van der Waals surface area (Å²) in [5, 5.41) is 0. The highest BCUT2D eigenvalue weighted by Gasteiger charge is 2.00. The van der Waals surface area contributed by atoms with Crippen molar-refractivity contribution in [1.82, 2.24) is 9.97 Å². The molecule has 0 aliphatic carbocycles. The number of hydrogen-bond donors (Lipinski definition) is 1. The van der Waals surface area contributed by atoms with Crippen LogP contribution >= 0.6 is 12.2 Å². The highest BCUT2D eigenvalue weighted by Crippen LogP contribution is 2.18. The SMILES string of the molecule is CCc1cccc(-c2cc(=S)nc(C)[nH]2)c1. The maximum Gasteiger partial charge on any atom is 0.130 e. The minimum atomic E-state index is 0.633. The summed E-state index contributed by atoms with van der Waals surface area (Å²) in [5.41, 5.74) is 3.52. The van der Waals surface area contributed by atoms with Crippen LogP contribution in [0.4, 0.5) is 0 Å². The van der Waals surface area contributed by atoms with Crippen LogP contribution in [0.1, 0.15) is 18.3 Å². The molecule has 2 nitrogen and oxygen atoms in total. The molecule has 0 saturated heterocycles. The predicted molar refractivity (Wildman–Crippen MR) is 69.0 cm³/mol. The topological polar surface area (TPSA) is 28.7 Å². The van der Waals surface area contributed by atoms with Crippen LogP contribution in [0.3, 0.4) is 0 Å². The predicted octanol–water partition coefficient (Wildman–Crippen LogP) is 3.68. The van der Waals surface area contributed by atoms with Gasteiger partial charge in [-0.15, -0.1) is 0 Å². The van der Waals surface area contributed by atoms with Crippen LogP contribution in [-0.2, 0) is 6.42 Å². The van der Waals surface area contributed by atoms with Crippen molar-refractivity contribution >= 4 is 12.2 Å². The van der Waals surface area contributed by atoms with Gasteiger partial charge in [0.1, 0.15) is 10.5 Å². The molecule has 0 unspecified atom stereocenters. The zero-order chi connectivity index (χ0) is 11.5. The first-order valence-corrected chi connectivity index (χ1v) is 5.77. The van der Waals surface area contributed by atoms with Gasteiger partial charge in [-0.2, -0.15) is 0 Å². The van der Waals surface area contributed by atoms with E-state index in [1.54, 1.807) is 0 Å². The summed E-state index contributed by atoms with van der Waals surface area (Å²) < 4.78 is 0.633. The molecule has 0 atom stereocenters. The van der Waals surface area contributed by atoms with Gasteiger partial charge in [-0.1, -0.05) is 37.3 Å². The number of H-pyrrole nitrogens is 1. The summed E-state index contributed by atoms with van der Waals surface area (Å²) in [7, 11) is 0. The summed E-state index contributed by atoms with van der Waals surface area (Å²) >= 11 is 5.12. The van der Waals surface area contributed by atoms with Crippen LogP contribution in [0.25, 0.3) is 11.3 Å². The van der Waals surface area contributed by atoms with Gasteiger partial charge in [0.15, 0.2) is 0 Å². The van der Waals surface area contributed by atoms with Crippen LogP contribution in [0.15, 0.2) is 30.3 Å². The van der Waals surface area contributed by atoms with Gasteiger partial charge in [-0.3, -0.25) is 0 Å². The molecule has 0 saturated carbocycles. The fourth-order valence-electron chi connectivity index (χ4n) is 1.69. The van der Waals surface area contributed by atoms with E-state index in [0.29, 0.717) is 4.64 Å². The van der Waals surface area contributed by atoms with E-state index in [1.165, 1.54) is 5.56 Å². The van der Waals surface area contributed by atoms with Crippen molar-refractivity contribution in [1.29, 1.82) is 0 Å². The van der Waals surface area contributed by atoms with Crippen molar-refractivity contribution in [3.05, 3.63) is 46.4 Å². The number of nitrogens with one attached hydrogen (secondary N) is 1. The van der Waals surface area contributed by atoms with Crippen LogP contribution in [0.5, 0.6) is 0 Å². The molecule has 1 aromatic carbocycles. The van der Waals surface area contributed by atoms with Crippen molar-refractivity contribution in [2.24, 2.45) is 0 Å². The molecule has 0 spiro atoms. The van der Waals surface area contributed by atoms with Crippen LogP contribution in [-0.4, -0.2) is 9.97 Å². The maximum atomic E-state index is 5.12.